The number of benzene rings is 2. The molecule has 1 aromatic heterocycles. The van der Waals surface area contributed by atoms with Gasteiger partial charge in [-0.05, 0) is 53.2 Å². The first kappa shape index (κ1) is 34.9. The third-order valence-electron chi connectivity index (χ3n) is 8.68. The summed E-state index contributed by atoms with van der Waals surface area (Å²) in [6.07, 6.45) is 1.70. The molecule has 0 radical (unpaired) electrons. The van der Waals surface area contributed by atoms with Crippen LogP contribution in [0.15, 0.2) is 36.4 Å². The van der Waals surface area contributed by atoms with E-state index in [0.717, 1.165) is 30.3 Å². The quantitative estimate of drug-likeness (QED) is 0.184. The van der Waals surface area contributed by atoms with Crippen LogP contribution in [0.25, 0.3) is 11.0 Å². The minimum atomic E-state index is -0.733. The van der Waals surface area contributed by atoms with E-state index in [1.54, 1.807) is 41.0 Å². The molecule has 0 spiro atoms. The van der Waals surface area contributed by atoms with Gasteiger partial charge in [-0.2, -0.15) is 0 Å². The molecule has 1 saturated heterocycles. The van der Waals surface area contributed by atoms with Gasteiger partial charge < -0.3 is 24.4 Å². The molecule has 1 N–H and O–H groups in total. The van der Waals surface area contributed by atoms with E-state index in [0.29, 0.717) is 67.6 Å². The summed E-state index contributed by atoms with van der Waals surface area (Å²) in [5.41, 5.74) is 1.97. The van der Waals surface area contributed by atoms with Crippen LogP contribution < -0.4 is 9.30 Å². The van der Waals surface area contributed by atoms with Crippen molar-refractivity contribution in [2.75, 3.05) is 32.8 Å². The lowest BCUT2D eigenvalue weighted by molar-refractivity contribution is -0.677. The maximum Gasteiger partial charge on any atom is 0.410 e. The molecular weight excluding hydrogens is 614 g/mol. The topological polar surface area (TPSA) is 126 Å². The fraction of sp³-hybridized carbons (Fsp3) is 0.528. The van der Waals surface area contributed by atoms with Crippen LogP contribution in [-0.2, 0) is 24.4 Å². The Hall–Kier alpha value is -4.45. The average molecular weight is 663 g/mol. The Morgan fingerprint density at radius 1 is 0.958 bits per heavy atom. The lowest BCUT2D eigenvalue weighted by atomic mass is 10.1. The minimum Gasteiger partial charge on any atom is -0.493 e. The highest BCUT2D eigenvalue weighted by atomic mass is 16.6. The number of piperazine rings is 1. The molecule has 4 amide bonds. The Morgan fingerprint density at radius 3 is 2.15 bits per heavy atom. The van der Waals surface area contributed by atoms with E-state index in [-0.39, 0.29) is 30.8 Å². The number of hydrogen-bond acceptors (Lipinski definition) is 7. The molecule has 0 bridgehead atoms. The molecule has 1 fully saturated rings. The highest BCUT2D eigenvalue weighted by molar-refractivity contribution is 6.21. The predicted molar refractivity (Wildman–Crippen MR) is 179 cm³/mol. The Morgan fingerprint density at radius 2 is 1.58 bits per heavy atom. The van der Waals surface area contributed by atoms with Gasteiger partial charge >= 0.3 is 6.09 Å². The highest BCUT2D eigenvalue weighted by Crippen LogP contribution is 2.31. The van der Waals surface area contributed by atoms with Crippen LogP contribution in [0.3, 0.4) is 0 Å². The average Bonchev–Trinajstić information content (AvgIpc) is 3.46. The van der Waals surface area contributed by atoms with E-state index in [4.69, 9.17) is 9.47 Å². The number of nitrogens with zero attached hydrogens (tertiary/aromatic N) is 5. The van der Waals surface area contributed by atoms with Crippen LogP contribution in [0.4, 0.5) is 4.79 Å². The number of imidazole rings is 1. The number of fused-ring (bicyclic) bond motifs is 2. The van der Waals surface area contributed by atoms with Crippen LogP contribution >= 0.6 is 0 Å². The second-order valence-corrected chi connectivity index (χ2v) is 13.5. The molecule has 2 aliphatic heterocycles. The third kappa shape index (κ3) is 7.18. The smallest absolute Gasteiger partial charge is 0.410 e. The zero-order chi connectivity index (χ0) is 34.7. The molecule has 0 saturated carbocycles. The Balaban J connectivity index is 1.53. The Bertz CT molecular complexity index is 1660. The van der Waals surface area contributed by atoms with Gasteiger partial charge in [-0.1, -0.05) is 31.9 Å². The van der Waals surface area contributed by atoms with Gasteiger partial charge in [0.1, 0.15) is 24.4 Å². The number of rotatable bonds is 11. The van der Waals surface area contributed by atoms with Crippen LogP contribution in [0.5, 0.6) is 5.75 Å². The molecule has 3 heterocycles. The zero-order valence-corrected chi connectivity index (χ0v) is 29.0. The number of unbranched alkanes of at least 4 members (excludes halogenated alkanes) is 2. The summed E-state index contributed by atoms with van der Waals surface area (Å²) < 4.78 is 15.7. The SMILES string of the molecule is CCCCCOc1cc2c(cc1C(=O)N1CCN(C(=O)OC(C)(C)C)CC1)[n+](CC)c(CN1C(=O)c3ccccc3C1=O)n2C[C@H](C)O. The van der Waals surface area contributed by atoms with Crippen molar-refractivity contribution in [3.8, 4) is 5.75 Å². The summed E-state index contributed by atoms with van der Waals surface area (Å²) in [4.78, 5) is 58.2. The fourth-order valence-electron chi connectivity index (χ4n) is 6.34. The van der Waals surface area contributed by atoms with Crippen LogP contribution in [-0.4, -0.2) is 92.7 Å². The second-order valence-electron chi connectivity index (χ2n) is 13.5. The van der Waals surface area contributed by atoms with Crippen molar-refractivity contribution < 1.29 is 38.3 Å². The molecule has 2 aliphatic rings. The monoisotopic (exact) mass is 662 g/mol. The van der Waals surface area contributed by atoms with Gasteiger partial charge in [0, 0.05) is 38.3 Å². The maximum atomic E-state index is 14.2. The van der Waals surface area contributed by atoms with Crippen LogP contribution in [0.2, 0.25) is 0 Å². The van der Waals surface area contributed by atoms with Crippen molar-refractivity contribution in [1.29, 1.82) is 0 Å². The van der Waals surface area contributed by atoms with Gasteiger partial charge in [0.15, 0.2) is 11.0 Å². The predicted octanol–water partition coefficient (Wildman–Crippen LogP) is 4.39. The van der Waals surface area contributed by atoms with Crippen molar-refractivity contribution >= 4 is 34.8 Å². The number of imide groups is 1. The number of carbonyl (C=O) groups excluding carboxylic acids is 4. The molecule has 12 nitrogen and oxygen atoms in total. The van der Waals surface area contributed by atoms with E-state index in [9.17, 15) is 24.3 Å². The number of hydrogen-bond donors (Lipinski definition) is 1. The number of aliphatic hydroxyl groups excluding tert-OH is 1. The lowest BCUT2D eigenvalue weighted by Gasteiger charge is -2.35. The largest absolute Gasteiger partial charge is 0.493 e. The van der Waals surface area contributed by atoms with Crippen LogP contribution in [0, 0.1) is 0 Å². The first-order chi connectivity index (χ1) is 22.8. The molecule has 0 unspecified atom stereocenters. The summed E-state index contributed by atoms with van der Waals surface area (Å²) in [6, 6.07) is 10.4. The molecule has 0 aliphatic carbocycles. The van der Waals surface area contributed by atoms with Gasteiger partial charge in [0.25, 0.3) is 23.5 Å². The van der Waals surface area contributed by atoms with Crippen LogP contribution in [0.1, 0.15) is 97.7 Å². The van der Waals surface area contributed by atoms with E-state index < -0.39 is 17.8 Å². The summed E-state index contributed by atoms with van der Waals surface area (Å²) in [7, 11) is 0. The normalized spacial score (nSPS) is 15.7. The van der Waals surface area contributed by atoms with Gasteiger partial charge in [0.2, 0.25) is 0 Å². The summed E-state index contributed by atoms with van der Waals surface area (Å²) >= 11 is 0. The van der Waals surface area contributed by atoms with Crippen molar-refractivity contribution in [3.63, 3.8) is 0 Å². The number of aromatic nitrogens is 2. The highest BCUT2D eigenvalue weighted by Gasteiger charge is 2.39. The number of carbonyl (C=O) groups is 4. The number of aryl methyl sites for hydroxylation is 1. The standard InChI is InChI=1S/C36H48N5O7/c1-7-9-12-19-47-30-21-29-28(20-27(30)32(43)37-15-17-38(18-16-37)35(46)48-36(4,5)6)39(8-2)31(40(29)22-24(3)42)23-41-33(44)25-13-10-11-14-26(25)34(41)45/h10-11,13-14,20-21,24,42H,7-9,12,15-19,22-23H2,1-6H3/q+1/t24-/m0/s1. The molecular formula is C36H48N5O7+. The molecule has 5 rings (SSSR count). The molecule has 2 aromatic carbocycles. The third-order valence-corrected chi connectivity index (χ3v) is 8.68. The molecule has 12 heteroatoms. The first-order valence-electron chi connectivity index (χ1n) is 17.0. The van der Waals surface area contributed by atoms with Gasteiger partial charge in [-0.15, -0.1) is 0 Å². The minimum absolute atomic E-state index is 0.00974. The summed E-state index contributed by atoms with van der Waals surface area (Å²) in [5.74, 6) is 0.134. The summed E-state index contributed by atoms with van der Waals surface area (Å²) in [5, 5.41) is 10.6. The zero-order valence-electron chi connectivity index (χ0n) is 29.0. The van der Waals surface area contributed by atoms with Crippen molar-refractivity contribution in [2.45, 2.75) is 92.1 Å². The Kier molecular flexibility index (Phi) is 10.4. The fourth-order valence-corrected chi connectivity index (χ4v) is 6.34. The number of amides is 4. The lowest BCUT2D eigenvalue weighted by Crippen LogP contribution is -2.51. The van der Waals surface area contributed by atoms with E-state index >= 15 is 0 Å². The molecule has 258 valence electrons. The summed E-state index contributed by atoms with van der Waals surface area (Å²) in [6.45, 7) is 13.7. The van der Waals surface area contributed by atoms with Gasteiger partial charge in [0.05, 0.1) is 35.9 Å². The molecule has 3 aromatic rings. The van der Waals surface area contributed by atoms with Gasteiger partial charge in [-0.25, -0.2) is 13.9 Å². The molecule has 1 atom stereocenters. The van der Waals surface area contributed by atoms with E-state index in [2.05, 4.69) is 6.92 Å². The van der Waals surface area contributed by atoms with Crippen molar-refractivity contribution in [2.24, 2.45) is 0 Å². The van der Waals surface area contributed by atoms with Crippen molar-refractivity contribution in [1.82, 2.24) is 19.3 Å². The number of aliphatic hydroxyl groups is 1. The first-order valence-corrected chi connectivity index (χ1v) is 17.0. The van der Waals surface area contributed by atoms with E-state index in [1.165, 1.54) is 4.90 Å². The molecule has 48 heavy (non-hydrogen) atoms. The Labute approximate surface area is 281 Å². The van der Waals surface area contributed by atoms with Gasteiger partial charge in [-0.3, -0.25) is 19.3 Å². The maximum absolute atomic E-state index is 14.2. The second kappa shape index (κ2) is 14.3. The number of ether oxygens (including phenoxy) is 2. The van der Waals surface area contributed by atoms with E-state index in [1.807, 2.05) is 49.0 Å². The van der Waals surface area contributed by atoms with Crippen molar-refractivity contribution in [3.05, 3.63) is 58.9 Å².